The van der Waals surface area contributed by atoms with Gasteiger partial charge in [0.15, 0.2) is 0 Å². The molecule has 1 N–H and O–H groups in total. The SMILES string of the molecule is CC1=C(c2cc(N3c4ccccc4C(C4=CCCC=C4)(c4ccccc4)c4cc5c(cc43)C(C)(C)CCC5(C)C)cc(-c3cc(N(C)c4ccc(C5C=CC=CC5C)cc4)ccc3Nc3ccc(-c4ccccc4)cc3)c2C)C=C=C=C1. The second-order valence-corrected chi connectivity index (χ2v) is 24.7. The van der Waals surface area contributed by atoms with Crippen molar-refractivity contribution < 1.29 is 0 Å². The first-order valence-electron chi connectivity index (χ1n) is 29.6. The van der Waals surface area contributed by atoms with Gasteiger partial charge < -0.3 is 15.1 Å². The largest absolute Gasteiger partial charge is 0.355 e. The highest BCUT2D eigenvalue weighted by Gasteiger charge is 2.50. The van der Waals surface area contributed by atoms with Crippen LogP contribution in [0.2, 0.25) is 0 Å². The van der Waals surface area contributed by atoms with Crippen LogP contribution in [-0.2, 0) is 16.2 Å². The number of nitrogens with one attached hydrogen (secondary N) is 1. The lowest BCUT2D eigenvalue weighted by atomic mass is 9.57. The van der Waals surface area contributed by atoms with Gasteiger partial charge in [0.05, 0.1) is 16.8 Å². The molecule has 3 heteroatoms. The lowest BCUT2D eigenvalue weighted by Gasteiger charge is -2.50. The smallest absolute Gasteiger partial charge is 0.0739 e. The zero-order valence-electron chi connectivity index (χ0n) is 48.8. The monoisotopic (exact) mass is 1060 g/mol. The Morgan fingerprint density at radius 1 is 0.573 bits per heavy atom. The van der Waals surface area contributed by atoms with E-state index in [9.17, 15) is 0 Å². The average molecular weight is 1060 g/mol. The van der Waals surface area contributed by atoms with Crippen LogP contribution in [0.1, 0.15) is 118 Å². The summed E-state index contributed by atoms with van der Waals surface area (Å²) in [5, 5.41) is 3.98. The van der Waals surface area contributed by atoms with Gasteiger partial charge in [-0.25, -0.2) is 0 Å². The Hall–Kier alpha value is -8.84. The van der Waals surface area contributed by atoms with Gasteiger partial charge in [-0.3, -0.25) is 0 Å². The second-order valence-electron chi connectivity index (χ2n) is 24.7. The first-order chi connectivity index (χ1) is 39.8. The van der Waals surface area contributed by atoms with E-state index in [1.807, 2.05) is 0 Å². The zero-order chi connectivity index (χ0) is 56.3. The topological polar surface area (TPSA) is 18.5 Å². The first-order valence-corrected chi connectivity index (χ1v) is 29.6. The third-order valence-electron chi connectivity index (χ3n) is 18.8. The number of allylic oxidation sites excluding steroid dienone is 12. The normalized spacial score (nSPS) is 19.8. The molecule has 5 aliphatic rings. The number of hydrogen-bond donors (Lipinski definition) is 1. The first kappa shape index (κ1) is 52.5. The van der Waals surface area contributed by atoms with Crippen molar-refractivity contribution in [3.63, 3.8) is 0 Å². The highest BCUT2D eigenvalue weighted by molar-refractivity contribution is 5.97. The minimum absolute atomic E-state index is 0.0160. The molecule has 0 spiro atoms. The van der Waals surface area contributed by atoms with E-state index in [4.69, 9.17) is 0 Å². The van der Waals surface area contributed by atoms with Crippen molar-refractivity contribution in [3.05, 3.63) is 298 Å². The summed E-state index contributed by atoms with van der Waals surface area (Å²) in [6.07, 6.45) is 24.8. The van der Waals surface area contributed by atoms with Crippen LogP contribution in [0.25, 0.3) is 27.8 Å². The molecule has 0 saturated heterocycles. The Kier molecular flexibility index (Phi) is 13.4. The van der Waals surface area contributed by atoms with Crippen molar-refractivity contribution in [2.75, 3.05) is 22.2 Å². The summed E-state index contributed by atoms with van der Waals surface area (Å²) in [7, 11) is 2.20. The van der Waals surface area contributed by atoms with E-state index in [0.29, 0.717) is 11.8 Å². The Bertz CT molecular complexity index is 4070. The van der Waals surface area contributed by atoms with E-state index < -0.39 is 5.41 Å². The average Bonchev–Trinajstić information content (AvgIpc) is 1.52. The molecule has 82 heavy (non-hydrogen) atoms. The Morgan fingerprint density at radius 2 is 1.23 bits per heavy atom. The molecule has 3 atom stereocenters. The number of rotatable bonds is 11. The summed E-state index contributed by atoms with van der Waals surface area (Å²) in [5.41, 5.74) is 32.6. The summed E-state index contributed by atoms with van der Waals surface area (Å²) in [6.45, 7) is 16.7. The minimum atomic E-state index is -0.586. The van der Waals surface area contributed by atoms with Crippen molar-refractivity contribution in [2.24, 2.45) is 5.92 Å². The minimum Gasteiger partial charge on any atom is -0.355 e. The summed E-state index contributed by atoms with van der Waals surface area (Å²) < 4.78 is 0. The van der Waals surface area contributed by atoms with Crippen LogP contribution in [-0.4, -0.2) is 7.05 Å². The molecular formula is C79H73N3. The molecule has 1 heterocycles. The zero-order valence-corrected chi connectivity index (χ0v) is 48.8. The summed E-state index contributed by atoms with van der Waals surface area (Å²) in [6, 6.07) is 66.5. The van der Waals surface area contributed by atoms with Gasteiger partial charge in [-0.05, 0) is 213 Å². The van der Waals surface area contributed by atoms with Crippen LogP contribution < -0.4 is 15.1 Å². The number of para-hydroxylation sites is 1. The van der Waals surface area contributed by atoms with Crippen LogP contribution in [0.15, 0.2) is 253 Å². The lowest BCUT2D eigenvalue weighted by Crippen LogP contribution is -2.41. The van der Waals surface area contributed by atoms with Crippen molar-refractivity contribution in [2.45, 2.75) is 96.3 Å². The van der Waals surface area contributed by atoms with E-state index in [2.05, 4.69) is 313 Å². The predicted molar refractivity (Wildman–Crippen MR) is 348 cm³/mol. The van der Waals surface area contributed by atoms with Gasteiger partial charge >= 0.3 is 0 Å². The van der Waals surface area contributed by atoms with E-state index in [1.165, 1.54) is 72.6 Å². The molecule has 4 aliphatic carbocycles. The predicted octanol–water partition coefficient (Wildman–Crippen LogP) is 21.1. The molecule has 0 radical (unpaired) electrons. The van der Waals surface area contributed by atoms with Crippen molar-refractivity contribution in [1.29, 1.82) is 0 Å². The third-order valence-corrected chi connectivity index (χ3v) is 18.8. The van der Waals surface area contributed by atoms with Gasteiger partial charge in [0.25, 0.3) is 0 Å². The van der Waals surface area contributed by atoms with E-state index in [0.717, 1.165) is 76.4 Å². The molecule has 0 saturated carbocycles. The fourth-order valence-electron chi connectivity index (χ4n) is 13.9. The van der Waals surface area contributed by atoms with E-state index in [-0.39, 0.29) is 10.8 Å². The number of nitrogens with zero attached hydrogens (tertiary/aromatic N) is 2. The van der Waals surface area contributed by atoms with Crippen LogP contribution >= 0.6 is 0 Å². The number of fused-ring (bicyclic) bond motifs is 3. The Balaban J connectivity index is 1.06. The van der Waals surface area contributed by atoms with Gasteiger partial charge in [0.1, 0.15) is 0 Å². The highest BCUT2D eigenvalue weighted by Crippen LogP contribution is 2.62. The Labute approximate surface area is 487 Å². The molecule has 8 aromatic rings. The molecule has 0 aromatic heterocycles. The van der Waals surface area contributed by atoms with Gasteiger partial charge in [-0.1, -0.05) is 198 Å². The maximum absolute atomic E-state index is 3.98. The molecule has 3 unspecified atom stereocenters. The molecule has 0 fully saturated rings. The van der Waals surface area contributed by atoms with Gasteiger partial charge in [-0.2, -0.15) is 0 Å². The molecular weight excluding hydrogens is 991 g/mol. The van der Waals surface area contributed by atoms with Gasteiger partial charge in [0, 0.05) is 47.0 Å². The molecule has 8 aromatic carbocycles. The standard InChI is InChI=1S/C79H73N3/c1-53-24-18-20-32-65(53)58-38-42-62(43-39-58)81(8)63-44-45-74(80-61-40-36-57(37-41-61)56-26-12-9-13-27-56)69(48-63)68-50-64(49-67(55(68)3)66-33-21-19-25-54(66)2)82-75-35-23-22-34-70(75)79(59-28-14-10-15-29-59,60-30-16-11-17-31-60)73-51-71-72(52-76(73)82)78(6,7)47-46-77(71,4)5/h9-10,12-16,18,20,22-45,48-53,65,80H,11,17,46-47H2,1-8H3. The molecule has 3 nitrogen and oxygen atoms in total. The number of benzene rings is 8. The van der Waals surface area contributed by atoms with Crippen LogP contribution in [0.3, 0.4) is 0 Å². The van der Waals surface area contributed by atoms with Gasteiger partial charge in [0.2, 0.25) is 0 Å². The van der Waals surface area contributed by atoms with E-state index >= 15 is 0 Å². The Morgan fingerprint density at radius 3 is 1.95 bits per heavy atom. The molecule has 13 rings (SSSR count). The maximum atomic E-state index is 3.98. The third kappa shape index (κ3) is 9.10. The second kappa shape index (κ2) is 20.9. The molecule has 0 bridgehead atoms. The number of hydrogen-bond acceptors (Lipinski definition) is 3. The summed E-state index contributed by atoms with van der Waals surface area (Å²) >= 11 is 0. The summed E-state index contributed by atoms with van der Waals surface area (Å²) in [4.78, 5) is 4.96. The number of anilines is 7. The van der Waals surface area contributed by atoms with E-state index in [1.54, 1.807) is 0 Å². The van der Waals surface area contributed by atoms with Crippen molar-refractivity contribution in [3.8, 4) is 22.3 Å². The summed E-state index contributed by atoms with van der Waals surface area (Å²) in [5.74, 6) is 0.800. The molecule has 0 amide bonds. The maximum Gasteiger partial charge on any atom is 0.0739 e. The lowest BCUT2D eigenvalue weighted by molar-refractivity contribution is 0.331. The van der Waals surface area contributed by atoms with Crippen LogP contribution in [0.4, 0.5) is 39.8 Å². The van der Waals surface area contributed by atoms with Crippen LogP contribution in [0.5, 0.6) is 0 Å². The fraction of sp³-hybridized carbons (Fsp3) is 0.215. The van der Waals surface area contributed by atoms with Crippen molar-refractivity contribution >= 4 is 45.4 Å². The van der Waals surface area contributed by atoms with Crippen LogP contribution in [0, 0.1) is 12.8 Å². The molecule has 1 aliphatic heterocycles. The van der Waals surface area contributed by atoms with Gasteiger partial charge in [-0.15, -0.1) is 0 Å². The van der Waals surface area contributed by atoms with Crippen molar-refractivity contribution in [1.82, 2.24) is 0 Å². The fourth-order valence-corrected chi connectivity index (χ4v) is 13.9. The molecule has 404 valence electrons. The quantitative estimate of drug-likeness (QED) is 0.130. The highest BCUT2D eigenvalue weighted by atomic mass is 15.2.